The zero-order valence-corrected chi connectivity index (χ0v) is 11.3. The summed E-state index contributed by atoms with van der Waals surface area (Å²) >= 11 is 0. The lowest BCUT2D eigenvalue weighted by Crippen LogP contribution is -2.31. The first-order valence-corrected chi connectivity index (χ1v) is 7.00. The van der Waals surface area contributed by atoms with Crippen molar-refractivity contribution in [3.8, 4) is 11.4 Å². The third kappa shape index (κ3) is 2.84. The number of aromatic nitrogens is 3. The molecule has 2 aromatic heterocycles. The van der Waals surface area contributed by atoms with E-state index in [9.17, 15) is 0 Å². The summed E-state index contributed by atoms with van der Waals surface area (Å²) in [7, 11) is 0. The van der Waals surface area contributed by atoms with Crippen molar-refractivity contribution in [3.05, 3.63) is 35.9 Å². The topological polar surface area (TPSA) is 53.6 Å². The van der Waals surface area contributed by atoms with Gasteiger partial charge in [0.2, 0.25) is 0 Å². The van der Waals surface area contributed by atoms with Gasteiger partial charge in [-0.15, -0.1) is 0 Å². The van der Waals surface area contributed by atoms with E-state index in [-0.39, 0.29) is 0 Å². The van der Waals surface area contributed by atoms with Crippen LogP contribution in [0.2, 0.25) is 0 Å². The number of imidazole rings is 1. The Bertz CT molecular complexity index is 526. The molecule has 1 atom stereocenters. The zero-order valence-electron chi connectivity index (χ0n) is 11.3. The third-order valence-corrected chi connectivity index (χ3v) is 3.72. The number of nitrogens with zero attached hydrogens (tertiary/aromatic N) is 2. The van der Waals surface area contributed by atoms with Crippen molar-refractivity contribution < 1.29 is 0 Å². The van der Waals surface area contributed by atoms with Crippen LogP contribution >= 0.6 is 0 Å². The van der Waals surface area contributed by atoms with Crippen LogP contribution in [0.4, 0.5) is 0 Å². The molecule has 0 amide bonds. The molecule has 0 aromatic carbocycles. The molecule has 1 aliphatic rings. The number of pyridine rings is 1. The van der Waals surface area contributed by atoms with Crippen molar-refractivity contribution in [1.29, 1.82) is 0 Å². The highest BCUT2D eigenvalue weighted by atomic mass is 15.0. The van der Waals surface area contributed by atoms with Crippen LogP contribution in [0.5, 0.6) is 0 Å². The summed E-state index contributed by atoms with van der Waals surface area (Å²) in [5.74, 6) is 1.79. The summed E-state index contributed by atoms with van der Waals surface area (Å²) in [6.07, 6.45) is 5.41. The van der Waals surface area contributed by atoms with Crippen LogP contribution in [-0.2, 0) is 6.42 Å². The first-order valence-electron chi connectivity index (χ1n) is 7.00. The van der Waals surface area contributed by atoms with Gasteiger partial charge < -0.3 is 10.3 Å². The van der Waals surface area contributed by atoms with E-state index in [0.29, 0.717) is 5.92 Å². The molecule has 0 radical (unpaired) electrons. The van der Waals surface area contributed by atoms with Gasteiger partial charge in [0, 0.05) is 18.3 Å². The highest BCUT2D eigenvalue weighted by Crippen LogP contribution is 2.21. The second-order valence-corrected chi connectivity index (χ2v) is 5.29. The molecule has 0 saturated carbocycles. The second kappa shape index (κ2) is 5.53. The molecule has 0 aliphatic carbocycles. The number of hydrogen-bond acceptors (Lipinski definition) is 3. The van der Waals surface area contributed by atoms with Gasteiger partial charge in [-0.3, -0.25) is 4.98 Å². The Morgan fingerprint density at radius 2 is 2.32 bits per heavy atom. The molecule has 2 aromatic rings. The van der Waals surface area contributed by atoms with Crippen LogP contribution in [-0.4, -0.2) is 28.0 Å². The van der Waals surface area contributed by atoms with E-state index in [4.69, 9.17) is 4.98 Å². The number of piperidine rings is 1. The smallest absolute Gasteiger partial charge is 0.110 e. The fourth-order valence-electron chi connectivity index (χ4n) is 2.74. The third-order valence-electron chi connectivity index (χ3n) is 3.72. The number of rotatable bonds is 3. The van der Waals surface area contributed by atoms with Crippen LogP contribution in [0.15, 0.2) is 24.4 Å². The first kappa shape index (κ1) is 12.4. The number of aromatic amines is 1. The van der Waals surface area contributed by atoms with Gasteiger partial charge in [0.25, 0.3) is 0 Å². The van der Waals surface area contributed by atoms with E-state index in [1.807, 2.05) is 24.4 Å². The van der Waals surface area contributed by atoms with Crippen LogP contribution in [0.3, 0.4) is 0 Å². The molecule has 100 valence electrons. The molecule has 1 unspecified atom stereocenters. The molecule has 0 bridgehead atoms. The van der Waals surface area contributed by atoms with Crippen molar-refractivity contribution in [1.82, 2.24) is 20.3 Å². The van der Waals surface area contributed by atoms with Crippen molar-refractivity contribution in [2.24, 2.45) is 5.92 Å². The van der Waals surface area contributed by atoms with Gasteiger partial charge in [-0.05, 0) is 50.9 Å². The second-order valence-electron chi connectivity index (χ2n) is 5.29. The quantitative estimate of drug-likeness (QED) is 0.886. The Kier molecular flexibility index (Phi) is 3.60. The molecule has 19 heavy (non-hydrogen) atoms. The summed E-state index contributed by atoms with van der Waals surface area (Å²) < 4.78 is 0. The normalized spacial score (nSPS) is 19.5. The van der Waals surface area contributed by atoms with Crippen molar-refractivity contribution in [2.45, 2.75) is 26.2 Å². The van der Waals surface area contributed by atoms with Gasteiger partial charge >= 0.3 is 0 Å². The lowest BCUT2D eigenvalue weighted by Gasteiger charge is -2.21. The molecule has 4 heteroatoms. The van der Waals surface area contributed by atoms with Crippen molar-refractivity contribution >= 4 is 0 Å². The van der Waals surface area contributed by atoms with Gasteiger partial charge in [-0.2, -0.15) is 0 Å². The Hall–Kier alpha value is -1.68. The molecule has 1 aliphatic heterocycles. The minimum absolute atomic E-state index is 0.705. The van der Waals surface area contributed by atoms with E-state index >= 15 is 0 Å². The van der Waals surface area contributed by atoms with Gasteiger partial charge in [0.15, 0.2) is 0 Å². The van der Waals surface area contributed by atoms with E-state index in [1.54, 1.807) is 0 Å². The molecule has 1 saturated heterocycles. The van der Waals surface area contributed by atoms with Gasteiger partial charge in [-0.1, -0.05) is 6.07 Å². The average molecular weight is 256 g/mol. The molecular formula is C15H20N4. The summed E-state index contributed by atoms with van der Waals surface area (Å²) in [5.41, 5.74) is 3.04. The fourth-order valence-corrected chi connectivity index (χ4v) is 2.74. The van der Waals surface area contributed by atoms with Gasteiger partial charge in [-0.25, -0.2) is 4.98 Å². The maximum atomic E-state index is 4.73. The highest BCUT2D eigenvalue weighted by molar-refractivity contribution is 5.56. The SMILES string of the molecule is Cc1[nH]c(CC2CCCNC2)nc1-c1ccccn1. The lowest BCUT2D eigenvalue weighted by molar-refractivity contribution is 0.371. The zero-order chi connectivity index (χ0) is 13.1. The summed E-state index contributed by atoms with van der Waals surface area (Å²) in [4.78, 5) is 12.5. The van der Waals surface area contributed by atoms with Crippen LogP contribution in [0.25, 0.3) is 11.4 Å². The average Bonchev–Trinajstić information content (AvgIpc) is 2.82. The van der Waals surface area contributed by atoms with E-state index in [2.05, 4.69) is 22.2 Å². The van der Waals surface area contributed by atoms with Crippen molar-refractivity contribution in [2.75, 3.05) is 13.1 Å². The van der Waals surface area contributed by atoms with E-state index < -0.39 is 0 Å². The first-order chi connectivity index (χ1) is 9.33. The van der Waals surface area contributed by atoms with Gasteiger partial charge in [0.1, 0.15) is 11.5 Å². The minimum atomic E-state index is 0.705. The van der Waals surface area contributed by atoms with Crippen LogP contribution in [0.1, 0.15) is 24.4 Å². The number of hydrogen-bond donors (Lipinski definition) is 2. The van der Waals surface area contributed by atoms with Crippen LogP contribution in [0, 0.1) is 12.8 Å². The summed E-state index contributed by atoms with van der Waals surface area (Å²) in [6.45, 7) is 4.34. The maximum absolute atomic E-state index is 4.73. The number of aryl methyl sites for hydroxylation is 1. The van der Waals surface area contributed by atoms with Gasteiger partial charge in [0.05, 0.1) is 5.69 Å². The summed E-state index contributed by atoms with van der Waals surface area (Å²) in [6, 6.07) is 5.94. The molecule has 1 fully saturated rings. The number of H-pyrrole nitrogens is 1. The molecule has 3 heterocycles. The predicted octanol–water partition coefficient (Wildman–Crippen LogP) is 2.32. The molecule has 4 nitrogen and oxygen atoms in total. The molecular weight excluding hydrogens is 236 g/mol. The minimum Gasteiger partial charge on any atom is -0.346 e. The Labute approximate surface area is 113 Å². The standard InChI is InChI=1S/C15H20N4/c1-11-15(13-6-2-3-8-17-13)19-14(18-11)9-12-5-4-7-16-10-12/h2-3,6,8,12,16H,4-5,7,9-10H2,1H3,(H,18,19). The molecule has 0 spiro atoms. The van der Waals surface area contributed by atoms with Crippen molar-refractivity contribution in [3.63, 3.8) is 0 Å². The largest absolute Gasteiger partial charge is 0.346 e. The predicted molar refractivity (Wildman–Crippen MR) is 75.9 cm³/mol. The maximum Gasteiger partial charge on any atom is 0.110 e. The Balaban J connectivity index is 1.77. The highest BCUT2D eigenvalue weighted by Gasteiger charge is 2.17. The monoisotopic (exact) mass is 256 g/mol. The number of nitrogens with one attached hydrogen (secondary N) is 2. The van der Waals surface area contributed by atoms with E-state index in [1.165, 1.54) is 12.8 Å². The molecule has 2 N–H and O–H groups in total. The Morgan fingerprint density at radius 1 is 1.37 bits per heavy atom. The fraction of sp³-hybridized carbons (Fsp3) is 0.467. The van der Waals surface area contributed by atoms with E-state index in [0.717, 1.165) is 42.4 Å². The molecule has 3 rings (SSSR count). The Morgan fingerprint density at radius 3 is 3.05 bits per heavy atom. The summed E-state index contributed by atoms with van der Waals surface area (Å²) in [5, 5.41) is 3.45. The van der Waals surface area contributed by atoms with Crippen LogP contribution < -0.4 is 5.32 Å². The lowest BCUT2D eigenvalue weighted by atomic mass is 9.96.